The van der Waals surface area contributed by atoms with E-state index in [4.69, 9.17) is 9.26 Å². The maximum atomic E-state index is 9.53. The molecule has 0 radical (unpaired) electrons. The maximum Gasteiger partial charge on any atom is 0.138 e. The van der Waals surface area contributed by atoms with E-state index in [0.717, 1.165) is 17.0 Å². The molecule has 1 aliphatic rings. The summed E-state index contributed by atoms with van der Waals surface area (Å²) < 4.78 is 10.2. The number of ether oxygens (including phenoxy) is 1. The first-order chi connectivity index (χ1) is 7.18. The number of hydrogen-bond acceptors (Lipinski definition) is 5. The second-order valence-electron chi connectivity index (χ2n) is 3.89. The fourth-order valence-corrected chi connectivity index (χ4v) is 1.73. The third-order valence-electron chi connectivity index (χ3n) is 2.77. The molecule has 2 rings (SSSR count). The summed E-state index contributed by atoms with van der Waals surface area (Å²) in [5.41, 5.74) is 1.96. The minimum atomic E-state index is -0.412. The number of rotatable bonds is 3. The van der Waals surface area contributed by atoms with Crippen LogP contribution in [0.3, 0.4) is 0 Å². The number of hydrogen-bond donors (Lipinski definition) is 2. The van der Waals surface area contributed by atoms with Crippen LogP contribution in [0.5, 0.6) is 0 Å². The molecule has 2 atom stereocenters. The molecule has 2 heterocycles. The number of aryl methyl sites for hydroxylation is 2. The molecule has 0 bridgehead atoms. The third kappa shape index (κ3) is 2.19. The molecule has 0 aliphatic carbocycles. The SMILES string of the molecule is Cc1noc(C)c1CNC1COCC1O. The molecule has 1 aliphatic heterocycles. The van der Waals surface area contributed by atoms with Gasteiger partial charge < -0.3 is 19.7 Å². The van der Waals surface area contributed by atoms with Crippen molar-refractivity contribution in [3.8, 4) is 0 Å². The van der Waals surface area contributed by atoms with Crippen LogP contribution in [-0.4, -0.2) is 35.6 Å². The van der Waals surface area contributed by atoms with Gasteiger partial charge in [-0.15, -0.1) is 0 Å². The molecule has 1 fully saturated rings. The third-order valence-corrected chi connectivity index (χ3v) is 2.77. The van der Waals surface area contributed by atoms with Crippen molar-refractivity contribution in [2.75, 3.05) is 13.2 Å². The zero-order valence-electron chi connectivity index (χ0n) is 8.99. The summed E-state index contributed by atoms with van der Waals surface area (Å²) in [5, 5.41) is 16.6. The largest absolute Gasteiger partial charge is 0.389 e. The summed E-state index contributed by atoms with van der Waals surface area (Å²) in [6.45, 7) is 5.43. The Labute approximate surface area is 88.4 Å². The highest BCUT2D eigenvalue weighted by molar-refractivity contribution is 5.20. The van der Waals surface area contributed by atoms with Crippen molar-refractivity contribution < 1.29 is 14.4 Å². The van der Waals surface area contributed by atoms with Crippen molar-refractivity contribution in [1.29, 1.82) is 0 Å². The normalized spacial score (nSPS) is 26.1. The minimum Gasteiger partial charge on any atom is -0.389 e. The van der Waals surface area contributed by atoms with E-state index >= 15 is 0 Å². The molecule has 0 spiro atoms. The molecule has 1 aromatic rings. The summed E-state index contributed by atoms with van der Waals surface area (Å²) >= 11 is 0. The van der Waals surface area contributed by atoms with Crippen LogP contribution < -0.4 is 5.32 Å². The molecule has 1 saturated heterocycles. The van der Waals surface area contributed by atoms with Crippen molar-refractivity contribution in [1.82, 2.24) is 10.5 Å². The van der Waals surface area contributed by atoms with Gasteiger partial charge in [-0.2, -0.15) is 0 Å². The summed E-state index contributed by atoms with van der Waals surface area (Å²) in [7, 11) is 0. The van der Waals surface area contributed by atoms with E-state index in [0.29, 0.717) is 19.8 Å². The van der Waals surface area contributed by atoms with Gasteiger partial charge in [0.15, 0.2) is 0 Å². The zero-order valence-corrected chi connectivity index (χ0v) is 8.99. The van der Waals surface area contributed by atoms with E-state index in [-0.39, 0.29) is 6.04 Å². The fraction of sp³-hybridized carbons (Fsp3) is 0.700. The molecular weight excluding hydrogens is 196 g/mol. The number of aliphatic hydroxyl groups is 1. The molecule has 2 N–H and O–H groups in total. The van der Waals surface area contributed by atoms with Gasteiger partial charge in [0.05, 0.1) is 31.1 Å². The molecule has 5 heteroatoms. The van der Waals surface area contributed by atoms with Gasteiger partial charge in [-0.1, -0.05) is 5.16 Å². The Morgan fingerprint density at radius 2 is 2.27 bits per heavy atom. The van der Waals surface area contributed by atoms with Crippen molar-refractivity contribution in [3.05, 3.63) is 17.0 Å². The predicted molar refractivity (Wildman–Crippen MR) is 53.4 cm³/mol. The summed E-state index contributed by atoms with van der Waals surface area (Å²) in [4.78, 5) is 0. The maximum absolute atomic E-state index is 9.53. The highest BCUT2D eigenvalue weighted by Gasteiger charge is 2.26. The standard InChI is InChI=1S/C10H16N2O3/c1-6-8(7(2)15-12-6)3-11-9-4-14-5-10(9)13/h9-11,13H,3-5H2,1-2H3. The first kappa shape index (κ1) is 10.6. The van der Waals surface area contributed by atoms with Gasteiger partial charge in [-0.05, 0) is 13.8 Å². The number of aromatic nitrogens is 1. The van der Waals surface area contributed by atoms with Gasteiger partial charge >= 0.3 is 0 Å². The van der Waals surface area contributed by atoms with Crippen molar-refractivity contribution in [2.45, 2.75) is 32.5 Å². The van der Waals surface area contributed by atoms with Crippen molar-refractivity contribution in [2.24, 2.45) is 0 Å². The van der Waals surface area contributed by atoms with Crippen LogP contribution in [0.15, 0.2) is 4.52 Å². The molecular formula is C10H16N2O3. The lowest BCUT2D eigenvalue weighted by atomic mass is 10.1. The average molecular weight is 212 g/mol. The molecule has 0 amide bonds. The monoisotopic (exact) mass is 212 g/mol. The summed E-state index contributed by atoms with van der Waals surface area (Å²) in [5.74, 6) is 0.827. The van der Waals surface area contributed by atoms with Crippen LogP contribution >= 0.6 is 0 Å². The Morgan fingerprint density at radius 3 is 2.80 bits per heavy atom. The van der Waals surface area contributed by atoms with Crippen LogP contribution in [0, 0.1) is 13.8 Å². The van der Waals surface area contributed by atoms with Gasteiger partial charge in [0.25, 0.3) is 0 Å². The van der Waals surface area contributed by atoms with E-state index in [1.165, 1.54) is 0 Å². The number of nitrogens with zero attached hydrogens (tertiary/aromatic N) is 1. The Balaban J connectivity index is 1.93. The number of nitrogens with one attached hydrogen (secondary N) is 1. The highest BCUT2D eigenvalue weighted by Crippen LogP contribution is 2.13. The average Bonchev–Trinajstić information content (AvgIpc) is 2.73. The van der Waals surface area contributed by atoms with E-state index in [1.54, 1.807) is 0 Å². The Kier molecular flexibility index (Phi) is 3.04. The molecule has 0 aromatic carbocycles. The summed E-state index contributed by atoms with van der Waals surface area (Å²) in [6.07, 6.45) is -0.412. The van der Waals surface area contributed by atoms with Crippen molar-refractivity contribution in [3.63, 3.8) is 0 Å². The quantitative estimate of drug-likeness (QED) is 0.746. The van der Waals surface area contributed by atoms with E-state index < -0.39 is 6.10 Å². The first-order valence-corrected chi connectivity index (χ1v) is 5.09. The first-order valence-electron chi connectivity index (χ1n) is 5.09. The Bertz CT molecular complexity index is 318. The van der Waals surface area contributed by atoms with E-state index in [9.17, 15) is 5.11 Å². The highest BCUT2D eigenvalue weighted by atomic mass is 16.5. The van der Waals surface area contributed by atoms with Crippen LogP contribution in [-0.2, 0) is 11.3 Å². The zero-order chi connectivity index (χ0) is 10.8. The molecule has 84 valence electrons. The molecule has 0 saturated carbocycles. The molecule has 1 aromatic heterocycles. The van der Waals surface area contributed by atoms with Crippen LogP contribution in [0.1, 0.15) is 17.0 Å². The second-order valence-corrected chi connectivity index (χ2v) is 3.89. The predicted octanol–water partition coefficient (Wildman–Crippen LogP) is 0.141. The van der Waals surface area contributed by atoms with Gasteiger partial charge in [0.2, 0.25) is 0 Å². The molecule has 5 nitrogen and oxygen atoms in total. The van der Waals surface area contributed by atoms with Gasteiger partial charge in [0, 0.05) is 12.1 Å². The lowest BCUT2D eigenvalue weighted by Gasteiger charge is -2.13. The number of aliphatic hydroxyl groups excluding tert-OH is 1. The van der Waals surface area contributed by atoms with E-state index in [1.807, 2.05) is 13.8 Å². The van der Waals surface area contributed by atoms with Gasteiger partial charge in [-0.3, -0.25) is 0 Å². The smallest absolute Gasteiger partial charge is 0.138 e. The van der Waals surface area contributed by atoms with Crippen LogP contribution in [0.2, 0.25) is 0 Å². The fourth-order valence-electron chi connectivity index (χ4n) is 1.73. The molecule has 15 heavy (non-hydrogen) atoms. The van der Waals surface area contributed by atoms with Crippen molar-refractivity contribution >= 4 is 0 Å². The minimum absolute atomic E-state index is 0.0127. The van der Waals surface area contributed by atoms with Gasteiger partial charge in [-0.25, -0.2) is 0 Å². The Morgan fingerprint density at radius 1 is 1.47 bits per heavy atom. The van der Waals surface area contributed by atoms with Crippen LogP contribution in [0.4, 0.5) is 0 Å². The molecule has 2 unspecified atom stereocenters. The summed E-state index contributed by atoms with van der Waals surface area (Å²) in [6, 6.07) is 0.0127. The van der Waals surface area contributed by atoms with E-state index in [2.05, 4.69) is 10.5 Å². The lowest BCUT2D eigenvalue weighted by molar-refractivity contribution is 0.122. The Hall–Kier alpha value is -0.910. The lowest BCUT2D eigenvalue weighted by Crippen LogP contribution is -2.38. The van der Waals surface area contributed by atoms with Crippen LogP contribution in [0.25, 0.3) is 0 Å². The van der Waals surface area contributed by atoms with Gasteiger partial charge in [0.1, 0.15) is 5.76 Å². The topological polar surface area (TPSA) is 67.5 Å². The second kappa shape index (κ2) is 4.30.